The van der Waals surface area contributed by atoms with E-state index in [1.54, 1.807) is 12.1 Å². The predicted molar refractivity (Wildman–Crippen MR) is 106 cm³/mol. The fourth-order valence-corrected chi connectivity index (χ4v) is 5.50. The van der Waals surface area contributed by atoms with Crippen LogP contribution in [0.15, 0.2) is 24.3 Å². The third-order valence-corrected chi connectivity index (χ3v) is 7.26. The maximum atomic E-state index is 12.7. The van der Waals surface area contributed by atoms with Gasteiger partial charge >= 0.3 is 6.18 Å². The molecule has 0 nitrogen and oxygen atoms in total. The van der Waals surface area contributed by atoms with Crippen LogP contribution in [0, 0.1) is 17.8 Å². The van der Waals surface area contributed by atoms with Gasteiger partial charge in [0.25, 0.3) is 0 Å². The molecule has 0 N–H and O–H groups in total. The van der Waals surface area contributed by atoms with E-state index in [2.05, 4.69) is 6.92 Å². The number of hydrogen-bond acceptors (Lipinski definition) is 0. The molecule has 0 unspecified atom stereocenters. The van der Waals surface area contributed by atoms with Gasteiger partial charge in [0.1, 0.15) is 0 Å². The lowest BCUT2D eigenvalue weighted by molar-refractivity contribution is -0.137. The van der Waals surface area contributed by atoms with Crippen LogP contribution >= 0.6 is 0 Å². The molecule has 2 aliphatic carbocycles. The van der Waals surface area contributed by atoms with Crippen molar-refractivity contribution < 1.29 is 13.2 Å². The normalized spacial score (nSPS) is 29.6. The molecule has 2 fully saturated rings. The SMILES string of the molecule is CCCCCC1CCC(C2CCC(c3ccc(C(F)(F)F)cc3)CC2)CC1. The first kappa shape index (κ1) is 20.7. The van der Waals surface area contributed by atoms with E-state index in [1.807, 2.05) is 0 Å². The van der Waals surface area contributed by atoms with Crippen molar-refractivity contribution in [2.24, 2.45) is 17.8 Å². The summed E-state index contributed by atoms with van der Waals surface area (Å²) in [6.45, 7) is 2.28. The maximum absolute atomic E-state index is 12.7. The Morgan fingerprint density at radius 3 is 1.85 bits per heavy atom. The number of unbranched alkanes of at least 4 members (excludes halogenated alkanes) is 2. The molecule has 27 heavy (non-hydrogen) atoms. The molecule has 0 heterocycles. The van der Waals surface area contributed by atoms with Gasteiger partial charge in [-0.1, -0.05) is 57.6 Å². The van der Waals surface area contributed by atoms with Gasteiger partial charge in [0.05, 0.1) is 5.56 Å². The standard InChI is InChI=1S/C24H35F3/c1-2-3-4-5-18-6-8-19(9-7-18)20-10-12-21(13-11-20)22-14-16-23(17-15-22)24(25,26)27/h14-21H,2-13H2,1H3. The van der Waals surface area contributed by atoms with Gasteiger partial charge in [0.15, 0.2) is 0 Å². The highest BCUT2D eigenvalue weighted by Gasteiger charge is 2.32. The lowest BCUT2D eigenvalue weighted by atomic mass is 9.68. The number of halogens is 3. The summed E-state index contributed by atoms with van der Waals surface area (Å²) in [4.78, 5) is 0. The molecule has 3 rings (SSSR count). The van der Waals surface area contributed by atoms with Gasteiger partial charge in [0, 0.05) is 0 Å². The number of rotatable bonds is 6. The minimum Gasteiger partial charge on any atom is -0.166 e. The quantitative estimate of drug-likeness (QED) is 0.435. The molecular formula is C24H35F3. The second-order valence-electron chi connectivity index (χ2n) is 9.01. The average Bonchev–Trinajstić information content (AvgIpc) is 2.68. The fraction of sp³-hybridized carbons (Fsp3) is 0.750. The van der Waals surface area contributed by atoms with Gasteiger partial charge < -0.3 is 0 Å². The van der Waals surface area contributed by atoms with Crippen LogP contribution in [-0.2, 0) is 6.18 Å². The Hall–Kier alpha value is -0.990. The molecule has 0 saturated heterocycles. The van der Waals surface area contributed by atoms with Crippen molar-refractivity contribution in [3.63, 3.8) is 0 Å². The highest BCUT2D eigenvalue weighted by molar-refractivity contribution is 5.27. The topological polar surface area (TPSA) is 0 Å². The van der Waals surface area contributed by atoms with Crippen molar-refractivity contribution in [2.75, 3.05) is 0 Å². The number of alkyl halides is 3. The zero-order chi connectivity index (χ0) is 19.3. The average molecular weight is 381 g/mol. The van der Waals surface area contributed by atoms with Gasteiger partial charge in [-0.25, -0.2) is 0 Å². The van der Waals surface area contributed by atoms with E-state index < -0.39 is 11.7 Å². The molecule has 0 spiro atoms. The molecule has 0 amide bonds. The third-order valence-electron chi connectivity index (χ3n) is 7.26. The van der Waals surface area contributed by atoms with E-state index in [1.165, 1.54) is 76.3 Å². The molecular weight excluding hydrogens is 345 g/mol. The summed E-state index contributed by atoms with van der Waals surface area (Å²) in [6.07, 6.45) is 11.8. The van der Waals surface area contributed by atoms with Crippen molar-refractivity contribution in [1.29, 1.82) is 0 Å². The first-order valence-corrected chi connectivity index (χ1v) is 11.1. The minimum atomic E-state index is -4.23. The lowest BCUT2D eigenvalue weighted by Gasteiger charge is -2.38. The summed E-state index contributed by atoms with van der Waals surface area (Å²) in [5, 5.41) is 0. The summed E-state index contributed by atoms with van der Waals surface area (Å²) in [5.74, 6) is 3.18. The van der Waals surface area contributed by atoms with E-state index in [-0.39, 0.29) is 0 Å². The van der Waals surface area contributed by atoms with Gasteiger partial charge in [-0.15, -0.1) is 0 Å². The van der Waals surface area contributed by atoms with Gasteiger partial charge in [-0.05, 0) is 79.9 Å². The Bertz CT molecular complexity index is 544. The Balaban J connectivity index is 1.43. The van der Waals surface area contributed by atoms with Crippen LogP contribution in [0.25, 0.3) is 0 Å². The second-order valence-corrected chi connectivity index (χ2v) is 9.01. The second kappa shape index (κ2) is 9.47. The summed E-state index contributed by atoms with van der Waals surface area (Å²) < 4.78 is 38.2. The molecule has 152 valence electrons. The molecule has 0 atom stereocenters. The molecule has 0 bridgehead atoms. The molecule has 0 aliphatic heterocycles. The highest BCUT2D eigenvalue weighted by atomic mass is 19.4. The van der Waals surface area contributed by atoms with Crippen LogP contribution in [0.4, 0.5) is 13.2 Å². The van der Waals surface area contributed by atoms with Crippen molar-refractivity contribution >= 4 is 0 Å². The zero-order valence-electron chi connectivity index (χ0n) is 16.7. The smallest absolute Gasteiger partial charge is 0.166 e. The van der Waals surface area contributed by atoms with Crippen molar-refractivity contribution in [3.8, 4) is 0 Å². The Morgan fingerprint density at radius 2 is 1.33 bits per heavy atom. The molecule has 1 aromatic carbocycles. The first-order chi connectivity index (χ1) is 13.0. The summed E-state index contributed by atoms with van der Waals surface area (Å²) in [7, 11) is 0. The van der Waals surface area contributed by atoms with E-state index in [9.17, 15) is 13.2 Å². The largest absolute Gasteiger partial charge is 0.416 e. The third kappa shape index (κ3) is 5.74. The maximum Gasteiger partial charge on any atom is 0.416 e. The van der Waals surface area contributed by atoms with E-state index >= 15 is 0 Å². The van der Waals surface area contributed by atoms with Crippen molar-refractivity contribution in [3.05, 3.63) is 35.4 Å². The molecule has 1 aromatic rings. The highest BCUT2D eigenvalue weighted by Crippen LogP contribution is 2.44. The zero-order valence-corrected chi connectivity index (χ0v) is 16.7. The van der Waals surface area contributed by atoms with Crippen LogP contribution in [0.1, 0.15) is 101 Å². The summed E-state index contributed by atoms with van der Waals surface area (Å²) in [6, 6.07) is 5.91. The van der Waals surface area contributed by atoms with Gasteiger partial charge in [-0.2, -0.15) is 13.2 Å². The summed E-state index contributed by atoms with van der Waals surface area (Å²) in [5.41, 5.74) is 0.566. The minimum absolute atomic E-state index is 0.453. The van der Waals surface area contributed by atoms with Crippen LogP contribution in [0.2, 0.25) is 0 Å². The van der Waals surface area contributed by atoms with Crippen LogP contribution in [0.5, 0.6) is 0 Å². The van der Waals surface area contributed by atoms with E-state index in [0.717, 1.165) is 36.2 Å². The van der Waals surface area contributed by atoms with Crippen molar-refractivity contribution in [1.82, 2.24) is 0 Å². The Morgan fingerprint density at radius 1 is 0.778 bits per heavy atom. The van der Waals surface area contributed by atoms with Crippen molar-refractivity contribution in [2.45, 2.75) is 96.1 Å². The van der Waals surface area contributed by atoms with E-state index in [4.69, 9.17) is 0 Å². The molecule has 0 radical (unpaired) electrons. The first-order valence-electron chi connectivity index (χ1n) is 11.1. The molecule has 3 heteroatoms. The monoisotopic (exact) mass is 380 g/mol. The van der Waals surface area contributed by atoms with Gasteiger partial charge in [0.2, 0.25) is 0 Å². The van der Waals surface area contributed by atoms with Crippen LogP contribution < -0.4 is 0 Å². The lowest BCUT2D eigenvalue weighted by Crippen LogP contribution is -2.25. The molecule has 0 aromatic heterocycles. The molecule has 2 aliphatic rings. The summed E-state index contributed by atoms with van der Waals surface area (Å²) >= 11 is 0. The van der Waals surface area contributed by atoms with Crippen LogP contribution in [0.3, 0.4) is 0 Å². The number of benzene rings is 1. The Labute approximate surface area is 162 Å². The molecule has 2 saturated carbocycles. The van der Waals surface area contributed by atoms with E-state index in [0.29, 0.717) is 5.92 Å². The fourth-order valence-electron chi connectivity index (χ4n) is 5.50. The van der Waals surface area contributed by atoms with Crippen LogP contribution in [-0.4, -0.2) is 0 Å². The number of hydrogen-bond donors (Lipinski definition) is 0. The Kier molecular flexibility index (Phi) is 7.28. The van der Waals surface area contributed by atoms with Gasteiger partial charge in [-0.3, -0.25) is 0 Å². The predicted octanol–water partition coefficient (Wildman–Crippen LogP) is 8.37.